The first kappa shape index (κ1) is 10.1. The van der Waals surface area contributed by atoms with Crippen molar-refractivity contribution in [1.29, 1.82) is 0 Å². The molecule has 2 heterocycles. The lowest BCUT2D eigenvalue weighted by molar-refractivity contribution is -0.0228. The van der Waals surface area contributed by atoms with Crippen LogP contribution in [0.25, 0.3) is 0 Å². The Labute approximate surface area is 88.6 Å². The molecule has 1 aliphatic rings. The SMILES string of the molecule is CC(C)(C)N1C(=O)c2ncccc2C1O. The van der Waals surface area contributed by atoms with E-state index in [1.54, 1.807) is 18.3 Å². The Morgan fingerprint density at radius 3 is 2.67 bits per heavy atom. The summed E-state index contributed by atoms with van der Waals surface area (Å²) in [6, 6.07) is 3.46. The van der Waals surface area contributed by atoms with Gasteiger partial charge in [0.1, 0.15) is 5.69 Å². The van der Waals surface area contributed by atoms with Gasteiger partial charge in [0, 0.05) is 17.3 Å². The number of amides is 1. The van der Waals surface area contributed by atoms with E-state index >= 15 is 0 Å². The number of aliphatic hydroxyl groups excluding tert-OH is 1. The minimum absolute atomic E-state index is 0.203. The second-order valence-electron chi connectivity index (χ2n) is 4.66. The molecule has 1 N–H and O–H groups in total. The van der Waals surface area contributed by atoms with Crippen LogP contribution in [0.1, 0.15) is 43.1 Å². The highest BCUT2D eigenvalue weighted by Gasteiger charge is 2.42. The van der Waals surface area contributed by atoms with E-state index in [1.807, 2.05) is 20.8 Å². The maximum absolute atomic E-state index is 12.0. The second kappa shape index (κ2) is 3.03. The molecule has 0 radical (unpaired) electrons. The summed E-state index contributed by atoms with van der Waals surface area (Å²) in [4.78, 5) is 17.4. The van der Waals surface area contributed by atoms with Gasteiger partial charge in [-0.25, -0.2) is 0 Å². The van der Waals surface area contributed by atoms with Crippen LogP contribution in [-0.4, -0.2) is 26.4 Å². The minimum Gasteiger partial charge on any atom is -0.369 e. The highest BCUT2D eigenvalue weighted by molar-refractivity contribution is 5.97. The molecule has 0 saturated carbocycles. The molecule has 0 aliphatic carbocycles. The number of pyridine rings is 1. The van der Waals surface area contributed by atoms with Crippen LogP contribution < -0.4 is 0 Å². The summed E-state index contributed by atoms with van der Waals surface area (Å²) in [5.41, 5.74) is 0.550. The summed E-state index contributed by atoms with van der Waals surface area (Å²) in [5, 5.41) is 10.0. The summed E-state index contributed by atoms with van der Waals surface area (Å²) in [5.74, 6) is -0.203. The molecule has 0 aromatic carbocycles. The Hall–Kier alpha value is -1.42. The van der Waals surface area contributed by atoms with Gasteiger partial charge in [0.25, 0.3) is 5.91 Å². The molecule has 0 spiro atoms. The van der Waals surface area contributed by atoms with Crippen molar-refractivity contribution in [2.75, 3.05) is 0 Å². The van der Waals surface area contributed by atoms with Gasteiger partial charge in [-0.3, -0.25) is 9.78 Å². The van der Waals surface area contributed by atoms with Crippen LogP contribution in [0.4, 0.5) is 0 Å². The zero-order valence-electron chi connectivity index (χ0n) is 9.06. The molecular weight excluding hydrogens is 192 g/mol. The fourth-order valence-electron chi connectivity index (χ4n) is 1.84. The fraction of sp³-hybridized carbons (Fsp3) is 0.455. The maximum atomic E-state index is 12.0. The van der Waals surface area contributed by atoms with Crippen molar-refractivity contribution in [2.45, 2.75) is 32.5 Å². The highest BCUT2D eigenvalue weighted by atomic mass is 16.3. The number of carbonyl (C=O) groups excluding carboxylic acids is 1. The summed E-state index contributed by atoms with van der Waals surface area (Å²) in [6.07, 6.45) is 0.691. The maximum Gasteiger partial charge on any atom is 0.275 e. The van der Waals surface area contributed by atoms with Crippen molar-refractivity contribution in [3.8, 4) is 0 Å². The molecule has 1 aromatic heterocycles. The molecule has 4 nitrogen and oxygen atoms in total. The Kier molecular flexibility index (Phi) is 2.04. The van der Waals surface area contributed by atoms with Crippen molar-refractivity contribution in [1.82, 2.24) is 9.88 Å². The smallest absolute Gasteiger partial charge is 0.275 e. The van der Waals surface area contributed by atoms with Gasteiger partial charge in [0.15, 0.2) is 6.23 Å². The number of fused-ring (bicyclic) bond motifs is 1. The van der Waals surface area contributed by atoms with Crippen LogP contribution in [0.5, 0.6) is 0 Å². The average molecular weight is 206 g/mol. The molecule has 2 rings (SSSR count). The summed E-state index contributed by atoms with van der Waals surface area (Å²) < 4.78 is 0. The van der Waals surface area contributed by atoms with E-state index in [1.165, 1.54) is 4.90 Å². The van der Waals surface area contributed by atoms with Crippen LogP contribution in [0.15, 0.2) is 18.3 Å². The Bertz CT molecular complexity index is 409. The van der Waals surface area contributed by atoms with Gasteiger partial charge >= 0.3 is 0 Å². The first-order valence-electron chi connectivity index (χ1n) is 4.89. The molecule has 80 valence electrons. The van der Waals surface area contributed by atoms with Gasteiger partial charge in [-0.15, -0.1) is 0 Å². The van der Waals surface area contributed by atoms with Crippen molar-refractivity contribution < 1.29 is 9.90 Å². The van der Waals surface area contributed by atoms with E-state index in [0.717, 1.165) is 0 Å². The van der Waals surface area contributed by atoms with Crippen LogP contribution in [0.2, 0.25) is 0 Å². The molecule has 1 atom stereocenters. The van der Waals surface area contributed by atoms with Crippen LogP contribution in [0, 0.1) is 0 Å². The van der Waals surface area contributed by atoms with Crippen LogP contribution in [0.3, 0.4) is 0 Å². The number of carbonyl (C=O) groups is 1. The van der Waals surface area contributed by atoms with Crippen LogP contribution >= 0.6 is 0 Å². The van der Waals surface area contributed by atoms with E-state index < -0.39 is 11.8 Å². The van der Waals surface area contributed by atoms with Crippen molar-refractivity contribution >= 4 is 5.91 Å². The molecule has 0 bridgehead atoms. The zero-order chi connectivity index (χ0) is 11.2. The summed E-state index contributed by atoms with van der Waals surface area (Å²) in [7, 11) is 0. The molecule has 0 saturated heterocycles. The van der Waals surface area contributed by atoms with E-state index in [4.69, 9.17) is 0 Å². The van der Waals surface area contributed by atoms with Crippen molar-refractivity contribution in [3.05, 3.63) is 29.6 Å². The molecule has 1 unspecified atom stereocenters. The minimum atomic E-state index is -0.874. The molecule has 4 heteroatoms. The van der Waals surface area contributed by atoms with E-state index in [9.17, 15) is 9.90 Å². The van der Waals surface area contributed by atoms with E-state index in [-0.39, 0.29) is 5.91 Å². The van der Waals surface area contributed by atoms with E-state index in [2.05, 4.69) is 4.98 Å². The number of aliphatic hydroxyl groups is 1. The third-order valence-corrected chi connectivity index (χ3v) is 2.51. The number of nitrogens with zero attached hydrogens (tertiary/aromatic N) is 2. The van der Waals surface area contributed by atoms with Crippen molar-refractivity contribution in [2.24, 2.45) is 0 Å². The molecule has 1 amide bonds. The topological polar surface area (TPSA) is 53.4 Å². The predicted octanol–water partition coefficient (Wildman–Crippen LogP) is 1.33. The monoisotopic (exact) mass is 206 g/mol. The fourth-order valence-corrected chi connectivity index (χ4v) is 1.84. The highest BCUT2D eigenvalue weighted by Crippen LogP contribution is 2.35. The number of hydrogen-bond acceptors (Lipinski definition) is 3. The number of rotatable bonds is 0. The third-order valence-electron chi connectivity index (χ3n) is 2.51. The lowest BCUT2D eigenvalue weighted by atomic mass is 10.1. The van der Waals surface area contributed by atoms with Gasteiger partial charge in [0.05, 0.1) is 0 Å². The lowest BCUT2D eigenvalue weighted by Crippen LogP contribution is -2.43. The standard InChI is InChI=1S/C11H14N2O2/c1-11(2,3)13-9(14)7-5-4-6-12-8(7)10(13)15/h4-6,9,14H,1-3H3. The molecule has 1 aromatic rings. The van der Waals surface area contributed by atoms with Gasteiger partial charge in [-0.05, 0) is 26.8 Å². The third kappa shape index (κ3) is 1.41. The zero-order valence-corrected chi connectivity index (χ0v) is 9.06. The average Bonchev–Trinajstić information content (AvgIpc) is 2.39. The summed E-state index contributed by atoms with van der Waals surface area (Å²) in [6.45, 7) is 5.67. The van der Waals surface area contributed by atoms with Gasteiger partial charge < -0.3 is 10.0 Å². The predicted molar refractivity (Wildman–Crippen MR) is 55.1 cm³/mol. The number of aromatic nitrogens is 1. The molecule has 15 heavy (non-hydrogen) atoms. The molecule has 0 fully saturated rings. The second-order valence-corrected chi connectivity index (χ2v) is 4.66. The van der Waals surface area contributed by atoms with E-state index in [0.29, 0.717) is 11.3 Å². The quantitative estimate of drug-likeness (QED) is 0.696. The first-order chi connectivity index (χ1) is 6.93. The van der Waals surface area contributed by atoms with Gasteiger partial charge in [-0.1, -0.05) is 6.07 Å². The Morgan fingerprint density at radius 2 is 2.13 bits per heavy atom. The first-order valence-corrected chi connectivity index (χ1v) is 4.89. The van der Waals surface area contributed by atoms with Crippen LogP contribution in [-0.2, 0) is 0 Å². The molecular formula is C11H14N2O2. The number of hydrogen-bond donors (Lipinski definition) is 1. The Morgan fingerprint density at radius 1 is 1.47 bits per heavy atom. The lowest BCUT2D eigenvalue weighted by Gasteiger charge is -2.34. The van der Waals surface area contributed by atoms with Gasteiger partial charge in [-0.2, -0.15) is 0 Å². The Balaban J connectivity index is 2.50. The summed E-state index contributed by atoms with van der Waals surface area (Å²) >= 11 is 0. The largest absolute Gasteiger partial charge is 0.369 e. The van der Waals surface area contributed by atoms with Gasteiger partial charge in [0.2, 0.25) is 0 Å². The van der Waals surface area contributed by atoms with Crippen molar-refractivity contribution in [3.63, 3.8) is 0 Å². The molecule has 1 aliphatic heterocycles. The normalized spacial score (nSPS) is 20.7.